The Morgan fingerprint density at radius 3 is 3.05 bits per heavy atom. The molecule has 0 aliphatic heterocycles. The van der Waals surface area contributed by atoms with E-state index in [0.717, 1.165) is 12.0 Å². The predicted molar refractivity (Wildman–Crippen MR) is 88.9 cm³/mol. The summed E-state index contributed by atoms with van der Waals surface area (Å²) in [4.78, 5) is 1.38. The van der Waals surface area contributed by atoms with Crippen molar-refractivity contribution in [2.24, 2.45) is 5.92 Å². The molecule has 0 aromatic heterocycles. The third kappa shape index (κ3) is 5.13. The lowest BCUT2D eigenvalue weighted by Gasteiger charge is -2.20. The smallest absolute Gasteiger partial charge is 0.0186 e. The molecule has 1 aromatic carbocycles. The summed E-state index contributed by atoms with van der Waals surface area (Å²) in [6.45, 7) is 3.43. The van der Waals surface area contributed by atoms with E-state index in [1.54, 1.807) is 0 Å². The molecule has 0 bridgehead atoms. The van der Waals surface area contributed by atoms with Crippen LogP contribution in [0.1, 0.15) is 39.0 Å². The van der Waals surface area contributed by atoms with Crippen molar-refractivity contribution < 1.29 is 0 Å². The van der Waals surface area contributed by atoms with E-state index in [0.29, 0.717) is 0 Å². The van der Waals surface area contributed by atoms with E-state index in [1.165, 1.54) is 53.8 Å². The van der Waals surface area contributed by atoms with Crippen molar-refractivity contribution in [2.75, 3.05) is 12.3 Å². The summed E-state index contributed by atoms with van der Waals surface area (Å²) >= 11 is 5.52. The number of thioether (sulfide) groups is 1. The highest BCUT2D eigenvalue weighted by molar-refractivity contribution is 9.10. The van der Waals surface area contributed by atoms with Crippen molar-refractivity contribution >= 4 is 27.7 Å². The molecule has 1 nitrogen and oxygen atoms in total. The fraction of sp³-hybridized carbons (Fsp3) is 0.625. The molecule has 1 aliphatic rings. The normalized spacial score (nSPS) is 22.8. The number of nitrogens with one attached hydrogen (secondary N) is 1. The average Bonchev–Trinajstić information content (AvgIpc) is 2.84. The van der Waals surface area contributed by atoms with Gasteiger partial charge in [-0.2, -0.15) is 0 Å². The Balaban J connectivity index is 1.72. The number of benzene rings is 1. The third-order valence-corrected chi connectivity index (χ3v) is 5.39. The Labute approximate surface area is 130 Å². The van der Waals surface area contributed by atoms with Gasteiger partial charge in [0.1, 0.15) is 0 Å². The van der Waals surface area contributed by atoms with E-state index in [9.17, 15) is 0 Å². The predicted octanol–water partition coefficient (Wildman–Crippen LogP) is 5.10. The van der Waals surface area contributed by atoms with Gasteiger partial charge in [0.2, 0.25) is 0 Å². The van der Waals surface area contributed by atoms with Gasteiger partial charge in [-0.25, -0.2) is 0 Å². The van der Waals surface area contributed by atoms with Crippen molar-refractivity contribution in [3.63, 3.8) is 0 Å². The molecule has 2 rings (SSSR count). The maximum absolute atomic E-state index is 3.72. The second-order valence-corrected chi connectivity index (χ2v) is 7.43. The summed E-state index contributed by atoms with van der Waals surface area (Å²) in [7, 11) is 0. The summed E-state index contributed by atoms with van der Waals surface area (Å²) < 4.78 is 1.18. The highest BCUT2D eigenvalue weighted by Crippen LogP contribution is 2.31. The zero-order valence-corrected chi connectivity index (χ0v) is 14.1. The highest BCUT2D eigenvalue weighted by Gasteiger charge is 2.25. The van der Waals surface area contributed by atoms with E-state index in [4.69, 9.17) is 0 Å². The maximum Gasteiger partial charge on any atom is 0.0186 e. The van der Waals surface area contributed by atoms with Crippen LogP contribution in [-0.4, -0.2) is 18.3 Å². The molecule has 0 spiro atoms. The fourth-order valence-electron chi connectivity index (χ4n) is 2.87. The first-order valence-electron chi connectivity index (χ1n) is 7.41. The molecule has 1 aliphatic carbocycles. The molecule has 106 valence electrons. The largest absolute Gasteiger partial charge is 0.314 e. The minimum atomic E-state index is 0.781. The van der Waals surface area contributed by atoms with Crippen molar-refractivity contribution in [2.45, 2.75) is 50.0 Å². The number of hydrogen-bond donors (Lipinski definition) is 1. The first kappa shape index (κ1) is 15.4. The standard InChI is InChI=1S/C16H24BrNS/c1-2-10-18-16-8-3-5-13(16)9-11-19-15-7-4-6-14(17)12-15/h4,6-7,12-13,16,18H,2-3,5,8-11H2,1H3. The molecule has 1 fully saturated rings. The summed E-state index contributed by atoms with van der Waals surface area (Å²) in [5, 5.41) is 3.72. The monoisotopic (exact) mass is 341 g/mol. The zero-order valence-electron chi connectivity index (χ0n) is 11.7. The molecule has 0 radical (unpaired) electrons. The average molecular weight is 342 g/mol. The van der Waals surface area contributed by atoms with Gasteiger partial charge in [0.25, 0.3) is 0 Å². The molecule has 3 heteroatoms. The molecule has 2 atom stereocenters. The molecule has 1 aromatic rings. The molecular weight excluding hydrogens is 318 g/mol. The number of hydrogen-bond acceptors (Lipinski definition) is 2. The quantitative estimate of drug-likeness (QED) is 0.692. The van der Waals surface area contributed by atoms with Gasteiger partial charge in [-0.15, -0.1) is 11.8 Å². The molecule has 0 saturated heterocycles. The van der Waals surface area contributed by atoms with Crippen LogP contribution in [0.25, 0.3) is 0 Å². The Morgan fingerprint density at radius 2 is 2.26 bits per heavy atom. The Morgan fingerprint density at radius 1 is 1.37 bits per heavy atom. The second-order valence-electron chi connectivity index (χ2n) is 5.35. The van der Waals surface area contributed by atoms with Crippen LogP contribution in [0.5, 0.6) is 0 Å². The van der Waals surface area contributed by atoms with Crippen molar-refractivity contribution in [3.05, 3.63) is 28.7 Å². The van der Waals surface area contributed by atoms with Gasteiger partial charge in [-0.1, -0.05) is 35.3 Å². The minimum absolute atomic E-state index is 0.781. The minimum Gasteiger partial charge on any atom is -0.314 e. The van der Waals surface area contributed by atoms with Crippen molar-refractivity contribution in [1.82, 2.24) is 5.32 Å². The molecule has 0 heterocycles. The Kier molecular flexibility index (Phi) is 6.75. The summed E-state index contributed by atoms with van der Waals surface area (Å²) in [5.74, 6) is 2.14. The van der Waals surface area contributed by atoms with Gasteiger partial charge >= 0.3 is 0 Å². The molecule has 1 saturated carbocycles. The van der Waals surface area contributed by atoms with Crippen molar-refractivity contribution in [1.29, 1.82) is 0 Å². The van der Waals surface area contributed by atoms with Crippen LogP contribution in [0, 0.1) is 5.92 Å². The number of halogens is 1. The van der Waals surface area contributed by atoms with Crippen molar-refractivity contribution in [3.8, 4) is 0 Å². The van der Waals surface area contributed by atoms with Crippen LogP contribution in [0.4, 0.5) is 0 Å². The van der Waals surface area contributed by atoms with Gasteiger partial charge in [0.15, 0.2) is 0 Å². The van der Waals surface area contributed by atoms with E-state index >= 15 is 0 Å². The van der Waals surface area contributed by atoms with Gasteiger partial charge in [0, 0.05) is 15.4 Å². The molecular formula is C16H24BrNS. The lowest BCUT2D eigenvalue weighted by molar-refractivity contribution is 0.393. The highest BCUT2D eigenvalue weighted by atomic mass is 79.9. The van der Waals surface area contributed by atoms with Gasteiger partial charge in [-0.3, -0.25) is 0 Å². The van der Waals surface area contributed by atoms with Gasteiger partial charge in [-0.05, 0) is 62.1 Å². The van der Waals surface area contributed by atoms with Gasteiger partial charge in [0.05, 0.1) is 0 Å². The van der Waals surface area contributed by atoms with Crippen LogP contribution < -0.4 is 5.32 Å². The van der Waals surface area contributed by atoms with Crippen LogP contribution in [-0.2, 0) is 0 Å². The topological polar surface area (TPSA) is 12.0 Å². The summed E-state index contributed by atoms with van der Waals surface area (Å²) in [5.41, 5.74) is 0. The maximum atomic E-state index is 3.72. The first-order chi connectivity index (χ1) is 9.29. The van der Waals surface area contributed by atoms with E-state index < -0.39 is 0 Å². The van der Waals surface area contributed by atoms with Gasteiger partial charge < -0.3 is 5.32 Å². The molecule has 2 unspecified atom stereocenters. The van der Waals surface area contributed by atoms with Crippen LogP contribution in [0.15, 0.2) is 33.6 Å². The number of rotatable bonds is 7. The fourth-order valence-corrected chi connectivity index (χ4v) is 4.46. The third-order valence-electron chi connectivity index (χ3n) is 3.87. The second kappa shape index (κ2) is 8.33. The zero-order chi connectivity index (χ0) is 13.5. The van der Waals surface area contributed by atoms with Crippen LogP contribution >= 0.6 is 27.7 Å². The molecule has 19 heavy (non-hydrogen) atoms. The van der Waals surface area contributed by atoms with E-state index in [2.05, 4.69) is 52.4 Å². The lowest BCUT2D eigenvalue weighted by Crippen LogP contribution is -2.33. The Hall–Kier alpha value is 0.01000. The lowest BCUT2D eigenvalue weighted by atomic mass is 10.0. The van der Waals surface area contributed by atoms with Crippen LogP contribution in [0.2, 0.25) is 0 Å². The molecule has 1 N–H and O–H groups in total. The summed E-state index contributed by atoms with van der Waals surface area (Å²) in [6.07, 6.45) is 6.80. The SMILES string of the molecule is CCCNC1CCCC1CCSc1cccc(Br)c1. The van der Waals surface area contributed by atoms with Crippen LogP contribution in [0.3, 0.4) is 0 Å². The van der Waals surface area contributed by atoms with E-state index in [-0.39, 0.29) is 0 Å². The first-order valence-corrected chi connectivity index (χ1v) is 9.19. The van der Waals surface area contributed by atoms with E-state index in [1.807, 2.05) is 11.8 Å². The Bertz CT molecular complexity index is 383. The summed E-state index contributed by atoms with van der Waals surface area (Å²) in [6, 6.07) is 9.41. The molecule has 0 amide bonds.